The van der Waals surface area contributed by atoms with Gasteiger partial charge in [-0.1, -0.05) is 28.9 Å². The first-order valence-corrected chi connectivity index (χ1v) is 7.96. The van der Waals surface area contributed by atoms with Gasteiger partial charge in [0.2, 0.25) is 0 Å². The van der Waals surface area contributed by atoms with Crippen molar-refractivity contribution >= 4 is 15.9 Å². The van der Waals surface area contributed by atoms with Gasteiger partial charge < -0.3 is 10.1 Å². The molecule has 4 heteroatoms. The van der Waals surface area contributed by atoms with Crippen LogP contribution in [-0.2, 0) is 0 Å². The summed E-state index contributed by atoms with van der Waals surface area (Å²) in [6.45, 7) is 4.93. The highest BCUT2D eigenvalue weighted by molar-refractivity contribution is 9.10. The van der Waals surface area contributed by atoms with Gasteiger partial charge in [-0.2, -0.15) is 0 Å². The summed E-state index contributed by atoms with van der Waals surface area (Å²) < 4.78 is 6.77. The lowest BCUT2D eigenvalue weighted by atomic mass is 9.96. The summed E-state index contributed by atoms with van der Waals surface area (Å²) in [4.78, 5) is 4.30. The van der Waals surface area contributed by atoms with Crippen LogP contribution in [0, 0.1) is 6.92 Å². The molecule has 21 heavy (non-hydrogen) atoms. The van der Waals surface area contributed by atoms with Crippen LogP contribution < -0.4 is 10.1 Å². The third-order valence-electron chi connectivity index (χ3n) is 3.37. The van der Waals surface area contributed by atoms with Crippen molar-refractivity contribution in [2.75, 3.05) is 13.7 Å². The largest absolute Gasteiger partial charge is 0.492 e. The fourth-order valence-electron chi connectivity index (χ4n) is 2.36. The molecule has 1 unspecified atom stereocenters. The SMILES string of the molecule is CCCOc1cncc(C(NC)c2ccc(Br)cc2C)c1. The van der Waals surface area contributed by atoms with E-state index in [-0.39, 0.29) is 6.04 Å². The van der Waals surface area contributed by atoms with Gasteiger partial charge in [0, 0.05) is 10.7 Å². The molecule has 1 aromatic carbocycles. The van der Waals surface area contributed by atoms with E-state index in [1.165, 1.54) is 11.1 Å². The molecule has 2 aromatic rings. The number of hydrogen-bond donors (Lipinski definition) is 1. The number of pyridine rings is 1. The number of benzene rings is 1. The summed E-state index contributed by atoms with van der Waals surface area (Å²) >= 11 is 3.51. The first-order chi connectivity index (χ1) is 10.2. The molecule has 1 N–H and O–H groups in total. The van der Waals surface area contributed by atoms with E-state index in [1.807, 2.05) is 13.2 Å². The van der Waals surface area contributed by atoms with Crippen molar-refractivity contribution in [2.45, 2.75) is 26.3 Å². The van der Waals surface area contributed by atoms with E-state index in [2.05, 4.69) is 64.3 Å². The zero-order valence-corrected chi connectivity index (χ0v) is 14.3. The van der Waals surface area contributed by atoms with Gasteiger partial charge in [0.1, 0.15) is 5.75 Å². The van der Waals surface area contributed by atoms with E-state index in [0.29, 0.717) is 6.61 Å². The first kappa shape index (κ1) is 16.0. The van der Waals surface area contributed by atoms with Gasteiger partial charge in [0.25, 0.3) is 0 Å². The summed E-state index contributed by atoms with van der Waals surface area (Å²) in [6.07, 6.45) is 4.65. The number of aromatic nitrogens is 1. The molecule has 0 aliphatic rings. The number of ether oxygens (including phenoxy) is 1. The van der Waals surface area contributed by atoms with Crippen molar-refractivity contribution in [1.82, 2.24) is 10.3 Å². The van der Waals surface area contributed by atoms with Gasteiger partial charge in [-0.05, 0) is 55.3 Å². The summed E-state index contributed by atoms with van der Waals surface area (Å²) in [6, 6.07) is 8.50. The molecule has 0 aliphatic heterocycles. The maximum absolute atomic E-state index is 5.68. The van der Waals surface area contributed by atoms with Crippen LogP contribution in [0.25, 0.3) is 0 Å². The topological polar surface area (TPSA) is 34.1 Å². The van der Waals surface area contributed by atoms with E-state index in [9.17, 15) is 0 Å². The van der Waals surface area contributed by atoms with Gasteiger partial charge in [-0.3, -0.25) is 4.98 Å². The highest BCUT2D eigenvalue weighted by Crippen LogP contribution is 2.28. The second-order valence-corrected chi connectivity index (χ2v) is 5.94. The minimum absolute atomic E-state index is 0.107. The van der Waals surface area contributed by atoms with E-state index in [0.717, 1.165) is 22.2 Å². The zero-order valence-electron chi connectivity index (χ0n) is 12.7. The van der Waals surface area contributed by atoms with E-state index in [4.69, 9.17) is 4.74 Å². The highest BCUT2D eigenvalue weighted by Gasteiger charge is 2.15. The lowest BCUT2D eigenvalue weighted by molar-refractivity contribution is 0.315. The fraction of sp³-hybridized carbons (Fsp3) is 0.353. The molecule has 0 saturated heterocycles. The van der Waals surface area contributed by atoms with Crippen molar-refractivity contribution in [2.24, 2.45) is 0 Å². The van der Waals surface area contributed by atoms with Crippen LogP contribution >= 0.6 is 15.9 Å². The molecular formula is C17H21BrN2O. The Hall–Kier alpha value is -1.39. The first-order valence-electron chi connectivity index (χ1n) is 7.16. The van der Waals surface area contributed by atoms with Crippen LogP contribution in [0.5, 0.6) is 5.75 Å². The van der Waals surface area contributed by atoms with Gasteiger partial charge in [0.05, 0.1) is 18.8 Å². The minimum Gasteiger partial charge on any atom is -0.492 e. The van der Waals surface area contributed by atoms with Crippen molar-refractivity contribution in [3.63, 3.8) is 0 Å². The molecule has 0 aliphatic carbocycles. The van der Waals surface area contributed by atoms with Crippen LogP contribution in [-0.4, -0.2) is 18.6 Å². The van der Waals surface area contributed by atoms with Crippen LogP contribution in [0.15, 0.2) is 41.1 Å². The average Bonchev–Trinajstić information content (AvgIpc) is 2.48. The van der Waals surface area contributed by atoms with Crippen LogP contribution in [0.2, 0.25) is 0 Å². The number of halogens is 1. The Labute approximate surface area is 134 Å². The molecule has 1 heterocycles. The maximum atomic E-state index is 5.68. The molecule has 0 fully saturated rings. The number of nitrogens with zero attached hydrogens (tertiary/aromatic N) is 1. The van der Waals surface area contributed by atoms with Gasteiger partial charge in [0.15, 0.2) is 0 Å². The summed E-state index contributed by atoms with van der Waals surface area (Å²) in [5, 5.41) is 3.37. The Balaban J connectivity index is 2.32. The Morgan fingerprint density at radius 1 is 1.29 bits per heavy atom. The molecule has 1 atom stereocenters. The van der Waals surface area contributed by atoms with Crippen LogP contribution in [0.4, 0.5) is 0 Å². The number of nitrogens with one attached hydrogen (secondary N) is 1. The second kappa shape index (κ2) is 7.57. The smallest absolute Gasteiger partial charge is 0.137 e. The quantitative estimate of drug-likeness (QED) is 0.847. The molecule has 0 spiro atoms. The standard InChI is InChI=1S/C17H21BrN2O/c1-4-7-21-15-9-13(10-20-11-15)17(19-3)16-6-5-14(18)8-12(16)2/h5-6,8-11,17,19H,4,7H2,1-3H3. The molecule has 0 radical (unpaired) electrons. The lowest BCUT2D eigenvalue weighted by Gasteiger charge is -2.20. The Kier molecular flexibility index (Phi) is 5.76. The summed E-state index contributed by atoms with van der Waals surface area (Å²) in [5.41, 5.74) is 3.59. The molecule has 0 amide bonds. The maximum Gasteiger partial charge on any atom is 0.137 e. The average molecular weight is 349 g/mol. The third kappa shape index (κ3) is 4.05. The molecule has 112 valence electrons. The predicted octanol–water partition coefficient (Wildman–Crippen LogP) is 4.25. The molecule has 3 nitrogen and oxygen atoms in total. The number of hydrogen-bond acceptors (Lipinski definition) is 3. The van der Waals surface area contributed by atoms with Gasteiger partial charge in [-0.15, -0.1) is 0 Å². The Bertz CT molecular complexity index is 601. The molecule has 0 saturated carbocycles. The van der Waals surface area contributed by atoms with Crippen molar-refractivity contribution in [3.8, 4) is 5.75 Å². The molecule has 1 aromatic heterocycles. The summed E-state index contributed by atoms with van der Waals surface area (Å²) in [7, 11) is 1.96. The second-order valence-electron chi connectivity index (χ2n) is 5.03. The minimum atomic E-state index is 0.107. The number of aryl methyl sites for hydroxylation is 1. The lowest BCUT2D eigenvalue weighted by Crippen LogP contribution is -2.19. The van der Waals surface area contributed by atoms with Crippen molar-refractivity contribution in [1.29, 1.82) is 0 Å². The fourth-order valence-corrected chi connectivity index (χ4v) is 2.83. The van der Waals surface area contributed by atoms with Crippen molar-refractivity contribution < 1.29 is 4.74 Å². The molecular weight excluding hydrogens is 328 g/mol. The van der Waals surface area contributed by atoms with Crippen molar-refractivity contribution in [3.05, 3.63) is 57.8 Å². The third-order valence-corrected chi connectivity index (χ3v) is 3.87. The predicted molar refractivity (Wildman–Crippen MR) is 89.8 cm³/mol. The van der Waals surface area contributed by atoms with Gasteiger partial charge >= 0.3 is 0 Å². The summed E-state index contributed by atoms with van der Waals surface area (Å²) in [5.74, 6) is 0.823. The number of rotatable bonds is 6. The zero-order chi connectivity index (χ0) is 15.2. The molecule has 2 rings (SSSR count). The van der Waals surface area contributed by atoms with Crippen LogP contribution in [0.3, 0.4) is 0 Å². The normalized spacial score (nSPS) is 12.2. The van der Waals surface area contributed by atoms with Crippen LogP contribution in [0.1, 0.15) is 36.1 Å². The van der Waals surface area contributed by atoms with E-state index in [1.54, 1.807) is 6.20 Å². The monoisotopic (exact) mass is 348 g/mol. The molecule has 0 bridgehead atoms. The van der Waals surface area contributed by atoms with E-state index >= 15 is 0 Å². The Morgan fingerprint density at radius 2 is 2.10 bits per heavy atom. The Morgan fingerprint density at radius 3 is 2.76 bits per heavy atom. The highest BCUT2D eigenvalue weighted by atomic mass is 79.9. The van der Waals surface area contributed by atoms with Gasteiger partial charge in [-0.25, -0.2) is 0 Å². The van der Waals surface area contributed by atoms with E-state index < -0.39 is 0 Å².